The molecule has 0 unspecified atom stereocenters. The van der Waals surface area contributed by atoms with E-state index in [-0.39, 0.29) is 23.8 Å². The minimum Gasteiger partial charge on any atom is -0.465 e. The molecule has 0 saturated heterocycles. The van der Waals surface area contributed by atoms with Crippen LogP contribution in [0.25, 0.3) is 0 Å². The van der Waals surface area contributed by atoms with E-state index in [0.717, 1.165) is 57.3 Å². The predicted molar refractivity (Wildman–Crippen MR) is 119 cm³/mol. The molecule has 1 fully saturated rings. The Kier molecular flexibility index (Phi) is 15.0. The SMILES string of the molecule is CCCCCCCCOC(=O)C1CCC(C(=O)OCCCCCCC(C)C)CC1. The predicted octanol–water partition coefficient (Wildman–Crippen LogP) is 6.85. The maximum absolute atomic E-state index is 12.2. The van der Waals surface area contributed by atoms with Gasteiger partial charge in [0.1, 0.15) is 0 Å². The van der Waals surface area contributed by atoms with Crippen molar-refractivity contribution in [2.75, 3.05) is 13.2 Å². The Balaban J connectivity index is 2.03. The van der Waals surface area contributed by atoms with Gasteiger partial charge in [0.05, 0.1) is 25.0 Å². The fraction of sp³-hybridized carbons (Fsp3) is 0.920. The summed E-state index contributed by atoms with van der Waals surface area (Å²) in [7, 11) is 0. The van der Waals surface area contributed by atoms with Gasteiger partial charge in [-0.15, -0.1) is 0 Å². The number of hydrogen-bond donors (Lipinski definition) is 0. The third-order valence-corrected chi connectivity index (χ3v) is 6.06. The molecule has 0 atom stereocenters. The Labute approximate surface area is 179 Å². The standard InChI is InChI=1S/C25H46O4/c1-4-5-6-7-9-12-19-28-24(26)22-15-17-23(18-16-22)25(27)29-20-13-10-8-11-14-21(2)3/h21-23H,4-20H2,1-3H3. The van der Waals surface area contributed by atoms with E-state index in [0.29, 0.717) is 13.2 Å². The van der Waals surface area contributed by atoms with Gasteiger partial charge in [-0.05, 0) is 44.4 Å². The minimum absolute atomic E-state index is 0.0277. The average Bonchev–Trinajstić information content (AvgIpc) is 2.72. The number of unbranched alkanes of at least 4 members (excludes halogenated alkanes) is 8. The number of ether oxygens (including phenoxy) is 2. The van der Waals surface area contributed by atoms with Gasteiger partial charge in [0.25, 0.3) is 0 Å². The van der Waals surface area contributed by atoms with Crippen molar-refractivity contribution < 1.29 is 19.1 Å². The van der Waals surface area contributed by atoms with Gasteiger partial charge in [-0.25, -0.2) is 0 Å². The average molecular weight is 411 g/mol. The zero-order valence-corrected chi connectivity index (χ0v) is 19.4. The highest BCUT2D eigenvalue weighted by Crippen LogP contribution is 2.30. The van der Waals surface area contributed by atoms with Crippen LogP contribution in [0.2, 0.25) is 0 Å². The molecule has 1 saturated carbocycles. The minimum atomic E-state index is -0.0638. The molecule has 1 rings (SSSR count). The molecule has 1 aliphatic rings. The van der Waals surface area contributed by atoms with Crippen molar-refractivity contribution in [1.29, 1.82) is 0 Å². The smallest absolute Gasteiger partial charge is 0.308 e. The molecule has 0 aromatic rings. The summed E-state index contributed by atoms with van der Waals surface area (Å²) in [4.78, 5) is 24.4. The summed E-state index contributed by atoms with van der Waals surface area (Å²) in [6, 6.07) is 0. The van der Waals surface area contributed by atoms with Crippen LogP contribution >= 0.6 is 0 Å². The molecule has 0 radical (unpaired) electrons. The van der Waals surface area contributed by atoms with E-state index in [2.05, 4.69) is 20.8 Å². The van der Waals surface area contributed by atoms with Crippen molar-refractivity contribution in [3.63, 3.8) is 0 Å². The van der Waals surface area contributed by atoms with Crippen molar-refractivity contribution >= 4 is 11.9 Å². The van der Waals surface area contributed by atoms with E-state index in [1.165, 1.54) is 44.9 Å². The lowest BCUT2D eigenvalue weighted by molar-refractivity contribution is -0.155. The maximum atomic E-state index is 12.2. The first kappa shape index (κ1) is 26.0. The zero-order valence-electron chi connectivity index (χ0n) is 19.4. The molecule has 0 amide bonds. The highest BCUT2D eigenvalue weighted by molar-refractivity contribution is 5.75. The van der Waals surface area contributed by atoms with Crippen LogP contribution in [0.15, 0.2) is 0 Å². The van der Waals surface area contributed by atoms with Crippen LogP contribution in [0.1, 0.15) is 117 Å². The summed E-state index contributed by atoms with van der Waals surface area (Å²) >= 11 is 0. The lowest BCUT2D eigenvalue weighted by Gasteiger charge is -2.26. The summed E-state index contributed by atoms with van der Waals surface area (Å²) in [5.74, 6) is 0.590. The molecular weight excluding hydrogens is 364 g/mol. The van der Waals surface area contributed by atoms with Crippen molar-refractivity contribution in [1.82, 2.24) is 0 Å². The number of carbonyl (C=O) groups excluding carboxylic acids is 2. The third kappa shape index (κ3) is 13.0. The van der Waals surface area contributed by atoms with Gasteiger partial charge in [-0.3, -0.25) is 9.59 Å². The Morgan fingerprint density at radius 1 is 0.690 bits per heavy atom. The van der Waals surface area contributed by atoms with Crippen LogP contribution in [-0.4, -0.2) is 25.2 Å². The quantitative estimate of drug-likeness (QED) is 0.206. The Hall–Kier alpha value is -1.06. The topological polar surface area (TPSA) is 52.6 Å². The van der Waals surface area contributed by atoms with Gasteiger partial charge in [-0.1, -0.05) is 78.6 Å². The van der Waals surface area contributed by atoms with E-state index >= 15 is 0 Å². The van der Waals surface area contributed by atoms with Gasteiger partial charge in [0.15, 0.2) is 0 Å². The fourth-order valence-electron chi connectivity index (χ4n) is 4.04. The van der Waals surface area contributed by atoms with Gasteiger partial charge in [-0.2, -0.15) is 0 Å². The molecular formula is C25H46O4. The third-order valence-electron chi connectivity index (χ3n) is 6.06. The molecule has 0 spiro atoms. The molecule has 4 heteroatoms. The number of hydrogen-bond acceptors (Lipinski definition) is 4. The first-order valence-corrected chi connectivity index (χ1v) is 12.4. The molecule has 170 valence electrons. The first-order valence-electron chi connectivity index (χ1n) is 12.4. The molecule has 0 heterocycles. The second kappa shape index (κ2) is 16.7. The summed E-state index contributed by atoms with van der Waals surface area (Å²) in [5.41, 5.74) is 0. The van der Waals surface area contributed by atoms with Crippen molar-refractivity contribution in [2.24, 2.45) is 17.8 Å². The molecule has 0 aliphatic heterocycles. The highest BCUT2D eigenvalue weighted by Gasteiger charge is 2.31. The summed E-state index contributed by atoms with van der Waals surface area (Å²) in [6.45, 7) is 7.81. The van der Waals surface area contributed by atoms with E-state index in [1.807, 2.05) is 0 Å². The number of esters is 2. The zero-order chi connectivity index (χ0) is 21.3. The Morgan fingerprint density at radius 3 is 1.55 bits per heavy atom. The van der Waals surface area contributed by atoms with E-state index < -0.39 is 0 Å². The Morgan fingerprint density at radius 2 is 1.10 bits per heavy atom. The number of rotatable bonds is 16. The second-order valence-corrected chi connectivity index (χ2v) is 9.25. The van der Waals surface area contributed by atoms with E-state index in [9.17, 15) is 9.59 Å². The molecule has 0 bridgehead atoms. The van der Waals surface area contributed by atoms with Gasteiger partial charge in [0, 0.05) is 0 Å². The lowest BCUT2D eigenvalue weighted by Crippen LogP contribution is -2.28. The van der Waals surface area contributed by atoms with Gasteiger partial charge >= 0.3 is 11.9 Å². The normalized spacial score (nSPS) is 19.3. The van der Waals surface area contributed by atoms with E-state index in [1.54, 1.807) is 0 Å². The van der Waals surface area contributed by atoms with Crippen molar-refractivity contribution in [2.45, 2.75) is 117 Å². The molecule has 4 nitrogen and oxygen atoms in total. The first-order chi connectivity index (χ1) is 14.0. The summed E-state index contributed by atoms with van der Waals surface area (Å²) < 4.78 is 10.9. The Bertz CT molecular complexity index is 425. The van der Waals surface area contributed by atoms with Gasteiger partial charge < -0.3 is 9.47 Å². The second-order valence-electron chi connectivity index (χ2n) is 9.25. The molecule has 0 aromatic carbocycles. The van der Waals surface area contributed by atoms with Gasteiger partial charge in [0.2, 0.25) is 0 Å². The van der Waals surface area contributed by atoms with Crippen LogP contribution in [0.4, 0.5) is 0 Å². The van der Waals surface area contributed by atoms with Crippen LogP contribution in [0.5, 0.6) is 0 Å². The largest absolute Gasteiger partial charge is 0.465 e. The lowest BCUT2D eigenvalue weighted by atomic mass is 9.82. The van der Waals surface area contributed by atoms with Crippen LogP contribution in [0, 0.1) is 17.8 Å². The summed E-state index contributed by atoms with van der Waals surface area (Å²) in [5, 5.41) is 0. The molecule has 29 heavy (non-hydrogen) atoms. The maximum Gasteiger partial charge on any atom is 0.308 e. The number of carbonyl (C=O) groups is 2. The van der Waals surface area contributed by atoms with Crippen molar-refractivity contribution in [3.8, 4) is 0 Å². The summed E-state index contributed by atoms with van der Waals surface area (Å²) in [6.07, 6.45) is 16.1. The van der Waals surface area contributed by atoms with Crippen molar-refractivity contribution in [3.05, 3.63) is 0 Å². The van der Waals surface area contributed by atoms with Crippen LogP contribution < -0.4 is 0 Å². The monoisotopic (exact) mass is 410 g/mol. The molecule has 0 aromatic heterocycles. The highest BCUT2D eigenvalue weighted by atomic mass is 16.5. The van der Waals surface area contributed by atoms with Crippen LogP contribution in [-0.2, 0) is 19.1 Å². The fourth-order valence-corrected chi connectivity index (χ4v) is 4.04. The van der Waals surface area contributed by atoms with E-state index in [4.69, 9.17) is 9.47 Å². The molecule has 0 N–H and O–H groups in total. The molecule has 1 aliphatic carbocycles. The van der Waals surface area contributed by atoms with Crippen LogP contribution in [0.3, 0.4) is 0 Å².